The van der Waals surface area contributed by atoms with Crippen LogP contribution in [-0.2, 0) is 6.61 Å². The molecule has 2 heterocycles. The van der Waals surface area contributed by atoms with Crippen LogP contribution in [0.3, 0.4) is 0 Å². The van der Waals surface area contributed by atoms with Gasteiger partial charge in [-0.15, -0.1) is 0 Å². The van der Waals surface area contributed by atoms with Gasteiger partial charge in [0.05, 0.1) is 19.3 Å². The number of aliphatic hydroxyl groups is 1. The van der Waals surface area contributed by atoms with Crippen molar-refractivity contribution in [1.82, 2.24) is 0 Å². The Labute approximate surface area is 135 Å². The number of Topliss-reactive ketones (excluding diaryl/α,β-unsaturated/α-hetero) is 1. The summed E-state index contributed by atoms with van der Waals surface area (Å²) in [6.45, 7) is 2.51. The minimum atomic E-state index is 0.0300. The van der Waals surface area contributed by atoms with Gasteiger partial charge in [0.15, 0.2) is 17.3 Å². The van der Waals surface area contributed by atoms with Gasteiger partial charge in [0, 0.05) is 0 Å². The molecule has 5 nitrogen and oxygen atoms in total. The number of para-hydroxylation sites is 1. The van der Waals surface area contributed by atoms with Gasteiger partial charge in [-0.2, -0.15) is 0 Å². The van der Waals surface area contributed by atoms with Crippen LogP contribution in [0.1, 0.15) is 22.8 Å². The molecule has 2 aromatic rings. The fraction of sp³-hybridized carbons (Fsp3) is 0.278. The molecule has 2 aromatic carbocycles. The number of hydrogen-bond acceptors (Lipinski definition) is 5. The molecule has 0 saturated carbocycles. The van der Waals surface area contributed by atoms with E-state index in [2.05, 4.69) is 0 Å². The maximum absolute atomic E-state index is 10.9. The lowest BCUT2D eigenvalue weighted by Gasteiger charge is -2.18. The van der Waals surface area contributed by atoms with E-state index in [-0.39, 0.29) is 12.4 Å². The molecule has 0 aliphatic carbocycles. The monoisotopic (exact) mass is 316 g/mol. The molecule has 0 radical (unpaired) electrons. The second-order valence-electron chi connectivity index (χ2n) is 4.90. The zero-order chi connectivity index (χ0) is 16.7. The summed E-state index contributed by atoms with van der Waals surface area (Å²) in [5.74, 6) is 2.16. The zero-order valence-electron chi connectivity index (χ0n) is 13.2. The molecule has 0 atom stereocenters. The molecule has 122 valence electrons. The maximum Gasteiger partial charge on any atom is 0.163 e. The van der Waals surface area contributed by atoms with Crippen LogP contribution in [0.2, 0.25) is 0 Å². The number of carbonyl (C=O) groups is 1. The topological polar surface area (TPSA) is 65.0 Å². The van der Waals surface area contributed by atoms with Crippen molar-refractivity contribution in [2.45, 2.75) is 13.5 Å². The number of ether oxygens (including phenoxy) is 3. The summed E-state index contributed by atoms with van der Waals surface area (Å²) in [7, 11) is 1.56. The van der Waals surface area contributed by atoms with E-state index in [0.29, 0.717) is 24.5 Å². The van der Waals surface area contributed by atoms with Gasteiger partial charge in [-0.1, -0.05) is 18.2 Å². The van der Waals surface area contributed by atoms with Gasteiger partial charge in [-0.3, -0.25) is 4.79 Å². The summed E-state index contributed by atoms with van der Waals surface area (Å²) < 4.78 is 15.5. The molecule has 2 bridgehead atoms. The fourth-order valence-electron chi connectivity index (χ4n) is 2.13. The molecule has 4 rings (SSSR count). The smallest absolute Gasteiger partial charge is 0.163 e. The summed E-state index contributed by atoms with van der Waals surface area (Å²) in [5.41, 5.74) is 1.74. The van der Waals surface area contributed by atoms with E-state index in [1.54, 1.807) is 19.2 Å². The van der Waals surface area contributed by atoms with Crippen LogP contribution in [0.25, 0.3) is 0 Å². The largest absolute Gasteiger partial charge is 0.496 e. The molecule has 0 aromatic heterocycles. The van der Waals surface area contributed by atoms with Gasteiger partial charge in [0.25, 0.3) is 0 Å². The summed E-state index contributed by atoms with van der Waals surface area (Å²) in [6, 6.07) is 13.0. The first-order valence-corrected chi connectivity index (χ1v) is 7.29. The number of hydrogen-bond donors (Lipinski definition) is 1. The number of carbonyl (C=O) groups excluding carboxylic acids is 1. The molecule has 23 heavy (non-hydrogen) atoms. The van der Waals surface area contributed by atoms with Gasteiger partial charge >= 0.3 is 0 Å². The lowest BCUT2D eigenvalue weighted by molar-refractivity contribution is 0.101. The second-order valence-corrected chi connectivity index (χ2v) is 4.90. The van der Waals surface area contributed by atoms with Crippen molar-refractivity contribution in [3.05, 3.63) is 53.6 Å². The third-order valence-corrected chi connectivity index (χ3v) is 3.24. The van der Waals surface area contributed by atoms with Gasteiger partial charge in [-0.05, 0) is 36.8 Å². The molecule has 2 aliphatic heterocycles. The molecule has 5 heteroatoms. The van der Waals surface area contributed by atoms with Crippen molar-refractivity contribution in [3.63, 3.8) is 0 Å². The molecule has 0 saturated heterocycles. The van der Waals surface area contributed by atoms with Crippen LogP contribution in [-0.4, -0.2) is 31.2 Å². The lowest BCUT2D eigenvalue weighted by atomic mass is 10.1. The predicted molar refractivity (Wildman–Crippen MR) is 86.4 cm³/mol. The van der Waals surface area contributed by atoms with Crippen LogP contribution in [0, 0.1) is 0 Å². The van der Waals surface area contributed by atoms with E-state index < -0.39 is 0 Å². The summed E-state index contributed by atoms with van der Waals surface area (Å²) >= 11 is 0. The number of fused-ring (bicyclic) bond motifs is 3. The van der Waals surface area contributed by atoms with Crippen molar-refractivity contribution < 1.29 is 24.1 Å². The van der Waals surface area contributed by atoms with Gasteiger partial charge < -0.3 is 19.3 Å². The molecule has 0 fully saturated rings. The van der Waals surface area contributed by atoms with E-state index in [4.69, 9.17) is 19.3 Å². The lowest BCUT2D eigenvalue weighted by Crippen LogP contribution is -2.08. The molecular formula is C18H20O5. The van der Waals surface area contributed by atoms with Crippen LogP contribution in [0.5, 0.6) is 17.2 Å². The van der Waals surface area contributed by atoms with E-state index in [1.165, 1.54) is 6.92 Å². The van der Waals surface area contributed by atoms with Crippen LogP contribution in [0.4, 0.5) is 0 Å². The highest BCUT2D eigenvalue weighted by atomic mass is 16.5. The van der Waals surface area contributed by atoms with Crippen molar-refractivity contribution in [2.24, 2.45) is 0 Å². The maximum atomic E-state index is 10.9. The zero-order valence-corrected chi connectivity index (χ0v) is 13.2. The SMILES string of the molecule is COc1ccccc1C(C)=O.OCCOc1cc2ccc1OC2. The Hall–Kier alpha value is -2.53. The first kappa shape index (κ1) is 16.8. The first-order chi connectivity index (χ1) is 11.2. The van der Waals surface area contributed by atoms with Crippen LogP contribution >= 0.6 is 0 Å². The second kappa shape index (κ2) is 8.19. The van der Waals surface area contributed by atoms with E-state index >= 15 is 0 Å². The third kappa shape index (κ3) is 4.47. The van der Waals surface area contributed by atoms with E-state index in [9.17, 15) is 4.79 Å². The molecule has 0 amide bonds. The highest BCUT2D eigenvalue weighted by molar-refractivity contribution is 5.96. The first-order valence-electron chi connectivity index (χ1n) is 7.29. The minimum Gasteiger partial charge on any atom is -0.496 e. The van der Waals surface area contributed by atoms with Gasteiger partial charge in [-0.25, -0.2) is 0 Å². The molecular weight excluding hydrogens is 296 g/mol. The Morgan fingerprint density at radius 2 is 2.00 bits per heavy atom. The van der Waals surface area contributed by atoms with Crippen molar-refractivity contribution in [3.8, 4) is 17.2 Å². The van der Waals surface area contributed by atoms with E-state index in [0.717, 1.165) is 17.1 Å². The van der Waals surface area contributed by atoms with Crippen LogP contribution in [0.15, 0.2) is 42.5 Å². The standard InChI is InChI=1S/C9H10O3.C9H10O2/c10-3-4-11-9-5-7-1-2-8(9)12-6-7;1-7(10)8-5-3-4-6-9(8)11-2/h1-2,5,10H,3-4,6H2;3-6H,1-2H3. The van der Waals surface area contributed by atoms with Crippen molar-refractivity contribution in [2.75, 3.05) is 20.3 Å². The number of aliphatic hydroxyl groups excluding tert-OH is 1. The summed E-state index contributed by atoms with van der Waals surface area (Å²) in [5, 5.41) is 8.54. The average Bonchev–Trinajstić information content (AvgIpc) is 2.61. The summed E-state index contributed by atoms with van der Waals surface area (Å²) in [6.07, 6.45) is 0. The minimum absolute atomic E-state index is 0.0300. The van der Waals surface area contributed by atoms with Crippen molar-refractivity contribution >= 4 is 5.78 Å². The van der Waals surface area contributed by atoms with Gasteiger partial charge in [0.2, 0.25) is 0 Å². The number of methoxy groups -OCH3 is 1. The Kier molecular flexibility index (Phi) is 6.00. The predicted octanol–water partition coefficient (Wildman–Crippen LogP) is 2.85. The summed E-state index contributed by atoms with van der Waals surface area (Å²) in [4.78, 5) is 10.9. The number of rotatable bonds is 5. The highest BCUT2D eigenvalue weighted by Gasteiger charge is 2.12. The molecule has 1 N–H and O–H groups in total. The average molecular weight is 316 g/mol. The Balaban J connectivity index is 0.000000168. The Bertz CT molecular complexity index is 666. The fourth-order valence-corrected chi connectivity index (χ4v) is 2.13. The molecule has 0 spiro atoms. The van der Waals surface area contributed by atoms with E-state index in [1.807, 2.05) is 30.3 Å². The number of benzene rings is 2. The third-order valence-electron chi connectivity index (χ3n) is 3.24. The molecule has 0 unspecified atom stereocenters. The normalized spacial score (nSPS) is 11.1. The Morgan fingerprint density at radius 1 is 1.22 bits per heavy atom. The molecule has 2 aliphatic rings. The number of ketones is 1. The van der Waals surface area contributed by atoms with Crippen LogP contribution < -0.4 is 14.2 Å². The quantitative estimate of drug-likeness (QED) is 0.859. The van der Waals surface area contributed by atoms with Gasteiger partial charge in [0.1, 0.15) is 19.0 Å². The van der Waals surface area contributed by atoms with Crippen molar-refractivity contribution in [1.29, 1.82) is 0 Å². The Morgan fingerprint density at radius 3 is 2.48 bits per heavy atom. The highest BCUT2D eigenvalue weighted by Crippen LogP contribution is 2.33.